The zero-order chi connectivity index (χ0) is 18.4. The summed E-state index contributed by atoms with van der Waals surface area (Å²) in [6.45, 7) is -0.353. The number of nitrogens with zero attached hydrogens (tertiary/aromatic N) is 1. The first kappa shape index (κ1) is 18.1. The number of ether oxygens (including phenoxy) is 1. The molecule has 0 radical (unpaired) electrons. The van der Waals surface area contributed by atoms with Gasteiger partial charge < -0.3 is 14.5 Å². The van der Waals surface area contributed by atoms with Gasteiger partial charge in [0, 0.05) is 14.8 Å². The van der Waals surface area contributed by atoms with Crippen molar-refractivity contribution in [3.8, 4) is 11.5 Å². The standard InChI is InChI=1S/C19H15IN2O4/c20-14-7-4-8-15(9-14)21-17(23)12-25-18(24)10-16-11-26-19(22-16)13-5-2-1-3-6-13/h1-9,11H,10,12H2,(H,21,23). The van der Waals surface area contributed by atoms with Crippen LogP contribution in [0.25, 0.3) is 11.5 Å². The molecule has 26 heavy (non-hydrogen) atoms. The van der Waals surface area contributed by atoms with Crippen LogP contribution in [0.2, 0.25) is 0 Å². The molecule has 6 nitrogen and oxygen atoms in total. The Morgan fingerprint density at radius 1 is 1.12 bits per heavy atom. The fourth-order valence-corrected chi connectivity index (χ4v) is 2.75. The molecule has 0 aliphatic rings. The molecular weight excluding hydrogens is 447 g/mol. The first-order chi connectivity index (χ1) is 12.6. The number of anilines is 1. The van der Waals surface area contributed by atoms with Crippen LogP contribution in [0.5, 0.6) is 0 Å². The van der Waals surface area contributed by atoms with E-state index in [2.05, 4.69) is 32.9 Å². The number of halogens is 1. The summed E-state index contributed by atoms with van der Waals surface area (Å²) in [5.41, 5.74) is 1.93. The molecule has 0 saturated carbocycles. The Morgan fingerprint density at radius 2 is 1.92 bits per heavy atom. The van der Waals surface area contributed by atoms with Crippen molar-refractivity contribution in [1.82, 2.24) is 4.98 Å². The Morgan fingerprint density at radius 3 is 2.69 bits per heavy atom. The van der Waals surface area contributed by atoms with Gasteiger partial charge in [-0.15, -0.1) is 0 Å². The maximum Gasteiger partial charge on any atom is 0.312 e. The second-order valence-electron chi connectivity index (χ2n) is 5.41. The zero-order valence-electron chi connectivity index (χ0n) is 13.6. The molecule has 3 rings (SSSR count). The van der Waals surface area contributed by atoms with Gasteiger partial charge in [-0.25, -0.2) is 4.98 Å². The molecule has 3 aromatic rings. The van der Waals surface area contributed by atoms with Crippen molar-refractivity contribution in [2.75, 3.05) is 11.9 Å². The fraction of sp³-hybridized carbons (Fsp3) is 0.105. The molecule has 7 heteroatoms. The number of rotatable bonds is 6. The third-order valence-electron chi connectivity index (χ3n) is 3.37. The van der Waals surface area contributed by atoms with Crippen LogP contribution in [-0.4, -0.2) is 23.5 Å². The van der Waals surface area contributed by atoms with Gasteiger partial charge >= 0.3 is 5.97 Å². The van der Waals surface area contributed by atoms with E-state index in [-0.39, 0.29) is 13.0 Å². The van der Waals surface area contributed by atoms with Crippen LogP contribution in [0.4, 0.5) is 5.69 Å². The number of oxazole rings is 1. The summed E-state index contributed by atoms with van der Waals surface area (Å²) in [5.74, 6) is -0.508. The summed E-state index contributed by atoms with van der Waals surface area (Å²) in [7, 11) is 0. The van der Waals surface area contributed by atoms with Gasteiger partial charge in [0.05, 0.1) is 12.1 Å². The number of amides is 1. The van der Waals surface area contributed by atoms with Crippen LogP contribution in [-0.2, 0) is 20.7 Å². The maximum atomic E-state index is 11.9. The summed E-state index contributed by atoms with van der Waals surface area (Å²) in [6, 6.07) is 16.7. The smallest absolute Gasteiger partial charge is 0.312 e. The molecule has 0 fully saturated rings. The molecule has 0 atom stereocenters. The Balaban J connectivity index is 1.48. The summed E-state index contributed by atoms with van der Waals surface area (Å²) >= 11 is 2.15. The van der Waals surface area contributed by atoms with E-state index in [1.807, 2.05) is 48.5 Å². The Kier molecular flexibility index (Phi) is 6.00. The Labute approximate surface area is 163 Å². The van der Waals surface area contributed by atoms with Crippen molar-refractivity contribution in [1.29, 1.82) is 0 Å². The number of benzene rings is 2. The number of aromatic nitrogens is 1. The minimum absolute atomic E-state index is 0.0626. The summed E-state index contributed by atoms with van der Waals surface area (Å²) in [5, 5.41) is 2.67. The van der Waals surface area contributed by atoms with Crippen molar-refractivity contribution in [2.24, 2.45) is 0 Å². The van der Waals surface area contributed by atoms with Crippen LogP contribution in [0.3, 0.4) is 0 Å². The van der Waals surface area contributed by atoms with E-state index in [0.29, 0.717) is 17.3 Å². The number of hydrogen-bond donors (Lipinski definition) is 1. The molecule has 0 unspecified atom stereocenters. The lowest BCUT2D eigenvalue weighted by molar-refractivity contribution is -0.146. The van der Waals surface area contributed by atoms with Gasteiger partial charge in [-0.05, 0) is 52.9 Å². The minimum Gasteiger partial charge on any atom is -0.455 e. The third kappa shape index (κ3) is 5.16. The number of hydrogen-bond acceptors (Lipinski definition) is 5. The van der Waals surface area contributed by atoms with Gasteiger partial charge in [-0.2, -0.15) is 0 Å². The fourth-order valence-electron chi connectivity index (χ4n) is 2.21. The highest BCUT2D eigenvalue weighted by Crippen LogP contribution is 2.18. The lowest BCUT2D eigenvalue weighted by atomic mass is 10.2. The van der Waals surface area contributed by atoms with E-state index in [1.54, 1.807) is 6.07 Å². The SMILES string of the molecule is O=C(COC(=O)Cc1coc(-c2ccccc2)n1)Nc1cccc(I)c1. The first-order valence-corrected chi connectivity index (χ1v) is 8.89. The molecule has 0 saturated heterocycles. The van der Waals surface area contributed by atoms with E-state index >= 15 is 0 Å². The number of carbonyl (C=O) groups is 2. The highest BCUT2D eigenvalue weighted by atomic mass is 127. The van der Waals surface area contributed by atoms with E-state index in [4.69, 9.17) is 9.15 Å². The maximum absolute atomic E-state index is 11.9. The molecule has 0 aliphatic heterocycles. The van der Waals surface area contributed by atoms with Gasteiger partial charge in [0.25, 0.3) is 5.91 Å². The van der Waals surface area contributed by atoms with E-state index < -0.39 is 11.9 Å². The molecule has 132 valence electrons. The van der Waals surface area contributed by atoms with E-state index in [0.717, 1.165) is 9.13 Å². The number of carbonyl (C=O) groups excluding carboxylic acids is 2. The highest BCUT2D eigenvalue weighted by molar-refractivity contribution is 14.1. The monoisotopic (exact) mass is 462 g/mol. The zero-order valence-corrected chi connectivity index (χ0v) is 15.8. The number of esters is 1. The van der Waals surface area contributed by atoms with Gasteiger partial charge in [0.1, 0.15) is 6.26 Å². The van der Waals surface area contributed by atoms with Crippen molar-refractivity contribution >= 4 is 40.2 Å². The summed E-state index contributed by atoms with van der Waals surface area (Å²) in [6.07, 6.45) is 1.35. The molecule has 1 heterocycles. The van der Waals surface area contributed by atoms with Crippen molar-refractivity contribution in [3.63, 3.8) is 0 Å². The van der Waals surface area contributed by atoms with Crippen molar-refractivity contribution in [2.45, 2.75) is 6.42 Å². The minimum atomic E-state index is -0.546. The van der Waals surface area contributed by atoms with Crippen LogP contribution >= 0.6 is 22.6 Å². The van der Waals surface area contributed by atoms with Crippen LogP contribution in [0.1, 0.15) is 5.69 Å². The second kappa shape index (κ2) is 8.61. The van der Waals surface area contributed by atoms with Gasteiger partial charge in [0.2, 0.25) is 5.89 Å². The van der Waals surface area contributed by atoms with Crippen molar-refractivity contribution in [3.05, 3.63) is 70.1 Å². The Hall–Kier alpha value is -2.68. The highest BCUT2D eigenvalue weighted by Gasteiger charge is 2.13. The molecule has 2 aromatic carbocycles. The molecule has 1 amide bonds. The lowest BCUT2D eigenvalue weighted by Gasteiger charge is -2.06. The molecule has 1 aromatic heterocycles. The lowest BCUT2D eigenvalue weighted by Crippen LogP contribution is -2.21. The molecular formula is C19H15IN2O4. The summed E-state index contributed by atoms with van der Waals surface area (Å²) < 4.78 is 11.4. The third-order valence-corrected chi connectivity index (χ3v) is 4.04. The van der Waals surface area contributed by atoms with E-state index in [1.165, 1.54) is 6.26 Å². The van der Waals surface area contributed by atoms with Gasteiger partial charge in [-0.3, -0.25) is 9.59 Å². The number of nitrogens with one attached hydrogen (secondary N) is 1. The Bertz CT molecular complexity index is 909. The van der Waals surface area contributed by atoms with Crippen LogP contribution in [0, 0.1) is 3.57 Å². The quantitative estimate of drug-likeness (QED) is 0.447. The van der Waals surface area contributed by atoms with Crippen molar-refractivity contribution < 1.29 is 18.7 Å². The average molecular weight is 462 g/mol. The van der Waals surface area contributed by atoms with E-state index in [9.17, 15) is 9.59 Å². The van der Waals surface area contributed by atoms with Crippen LogP contribution < -0.4 is 5.32 Å². The molecule has 0 spiro atoms. The molecule has 0 bridgehead atoms. The predicted molar refractivity (Wildman–Crippen MR) is 104 cm³/mol. The molecule has 1 N–H and O–H groups in total. The first-order valence-electron chi connectivity index (χ1n) is 7.81. The summed E-state index contributed by atoms with van der Waals surface area (Å²) in [4.78, 5) is 28.0. The largest absolute Gasteiger partial charge is 0.455 e. The topological polar surface area (TPSA) is 81.4 Å². The van der Waals surface area contributed by atoms with Gasteiger partial charge in [0.15, 0.2) is 6.61 Å². The normalized spacial score (nSPS) is 10.3. The van der Waals surface area contributed by atoms with Crippen LogP contribution in [0.15, 0.2) is 65.3 Å². The molecule has 0 aliphatic carbocycles. The average Bonchev–Trinajstić information content (AvgIpc) is 3.09. The van der Waals surface area contributed by atoms with Gasteiger partial charge in [-0.1, -0.05) is 24.3 Å². The predicted octanol–water partition coefficient (Wildman–Crippen LogP) is 3.67. The second-order valence-corrected chi connectivity index (χ2v) is 6.65.